The maximum Gasteiger partial charge on any atom is 0.265 e. The van der Waals surface area contributed by atoms with Crippen molar-refractivity contribution >= 4 is 16.7 Å². The molecule has 4 rings (SSSR count). The van der Waals surface area contributed by atoms with E-state index < -0.39 is 0 Å². The first kappa shape index (κ1) is 16.8. The summed E-state index contributed by atoms with van der Waals surface area (Å²) in [4.78, 5) is 34.4. The summed E-state index contributed by atoms with van der Waals surface area (Å²) in [5, 5.41) is 0.526. The molecule has 132 valence electrons. The largest absolute Gasteiger partial charge is 0.294 e. The molecule has 0 fully saturated rings. The average Bonchev–Trinajstić information content (AvgIpc) is 2.70. The van der Waals surface area contributed by atoms with E-state index in [2.05, 4.69) is 9.97 Å². The zero-order valence-corrected chi connectivity index (χ0v) is 14.8. The van der Waals surface area contributed by atoms with Crippen LogP contribution in [-0.2, 0) is 6.42 Å². The number of fused-ring (bicyclic) bond motifs is 1. The fourth-order valence-electron chi connectivity index (χ4n) is 3.04. The highest BCUT2D eigenvalue weighted by atomic mass is 16.1. The number of ketones is 1. The Morgan fingerprint density at radius 3 is 2.41 bits per heavy atom. The van der Waals surface area contributed by atoms with Gasteiger partial charge in [-0.3, -0.25) is 19.1 Å². The second-order valence-electron chi connectivity index (χ2n) is 6.36. The molecule has 0 saturated carbocycles. The smallest absolute Gasteiger partial charge is 0.265 e. The predicted molar refractivity (Wildman–Crippen MR) is 104 cm³/mol. The first-order valence-corrected chi connectivity index (χ1v) is 8.64. The summed E-state index contributed by atoms with van der Waals surface area (Å²) >= 11 is 0. The van der Waals surface area contributed by atoms with Crippen molar-refractivity contribution in [3.05, 3.63) is 100 Å². The Morgan fingerprint density at radius 1 is 0.963 bits per heavy atom. The first-order chi connectivity index (χ1) is 13.1. The minimum Gasteiger partial charge on any atom is -0.294 e. The zero-order chi connectivity index (χ0) is 18.8. The Labute approximate surface area is 156 Å². The summed E-state index contributed by atoms with van der Waals surface area (Å²) in [6.07, 6.45) is 3.18. The van der Waals surface area contributed by atoms with Gasteiger partial charge in [0.15, 0.2) is 5.78 Å². The Morgan fingerprint density at radius 2 is 1.67 bits per heavy atom. The van der Waals surface area contributed by atoms with Crippen molar-refractivity contribution in [1.29, 1.82) is 0 Å². The van der Waals surface area contributed by atoms with Crippen LogP contribution in [0.1, 0.15) is 21.7 Å². The van der Waals surface area contributed by atoms with E-state index in [0.717, 1.165) is 5.56 Å². The van der Waals surface area contributed by atoms with Crippen molar-refractivity contribution in [3.63, 3.8) is 0 Å². The second kappa shape index (κ2) is 6.96. The third-order valence-electron chi connectivity index (χ3n) is 4.46. The monoisotopic (exact) mass is 355 g/mol. The fraction of sp³-hybridized carbons (Fsp3) is 0.0909. The van der Waals surface area contributed by atoms with E-state index in [9.17, 15) is 9.59 Å². The highest BCUT2D eigenvalue weighted by Crippen LogP contribution is 2.15. The molecule has 0 spiro atoms. The van der Waals surface area contributed by atoms with Crippen LogP contribution in [0.25, 0.3) is 16.6 Å². The van der Waals surface area contributed by atoms with Crippen LogP contribution in [0.15, 0.2) is 77.9 Å². The predicted octanol–water partition coefficient (Wildman–Crippen LogP) is 3.51. The molecule has 27 heavy (non-hydrogen) atoms. The molecule has 5 heteroatoms. The number of pyridine rings is 1. The Bertz CT molecular complexity index is 1180. The molecule has 0 aliphatic heterocycles. The number of carbonyl (C=O) groups excluding carboxylic acids is 1. The van der Waals surface area contributed by atoms with E-state index in [1.165, 1.54) is 4.57 Å². The number of hydrogen-bond acceptors (Lipinski definition) is 4. The van der Waals surface area contributed by atoms with Crippen LogP contribution in [0, 0.1) is 6.92 Å². The number of benzene rings is 2. The standard InChI is InChI=1S/C22H17N3O2/c1-15-6-8-17(9-7-15)25-21(14-20(26)16-10-12-23-13-11-16)24-19-5-3-2-4-18(19)22(25)27/h2-13H,14H2,1H3. The Balaban J connectivity index is 1.90. The number of para-hydroxylation sites is 1. The van der Waals surface area contributed by atoms with Gasteiger partial charge in [-0.25, -0.2) is 4.98 Å². The molecule has 2 aromatic carbocycles. The molecule has 0 atom stereocenters. The molecule has 5 nitrogen and oxygen atoms in total. The average molecular weight is 355 g/mol. The summed E-state index contributed by atoms with van der Waals surface area (Å²) in [7, 11) is 0. The molecule has 0 unspecified atom stereocenters. The van der Waals surface area contributed by atoms with Gasteiger partial charge in [0.1, 0.15) is 5.82 Å². The van der Waals surface area contributed by atoms with Crippen LogP contribution in [0.2, 0.25) is 0 Å². The number of Topliss-reactive ketones (excluding diaryl/α,β-unsaturated/α-hetero) is 1. The van der Waals surface area contributed by atoms with Crippen LogP contribution < -0.4 is 5.56 Å². The quantitative estimate of drug-likeness (QED) is 0.526. The maximum atomic E-state index is 13.2. The van der Waals surface area contributed by atoms with Gasteiger partial charge in [-0.05, 0) is 43.3 Å². The van der Waals surface area contributed by atoms with E-state index in [-0.39, 0.29) is 17.8 Å². The van der Waals surface area contributed by atoms with E-state index in [0.29, 0.717) is 28.0 Å². The van der Waals surface area contributed by atoms with E-state index in [1.807, 2.05) is 43.3 Å². The van der Waals surface area contributed by atoms with Crippen molar-refractivity contribution in [2.45, 2.75) is 13.3 Å². The number of aromatic nitrogens is 3. The SMILES string of the molecule is Cc1ccc(-n2c(CC(=O)c3ccncc3)nc3ccccc3c2=O)cc1. The van der Waals surface area contributed by atoms with Gasteiger partial charge in [0, 0.05) is 18.0 Å². The molecular weight excluding hydrogens is 338 g/mol. The van der Waals surface area contributed by atoms with Crippen LogP contribution >= 0.6 is 0 Å². The molecular formula is C22H17N3O2. The Kier molecular flexibility index (Phi) is 4.34. The molecule has 0 N–H and O–H groups in total. The first-order valence-electron chi connectivity index (χ1n) is 8.64. The third-order valence-corrected chi connectivity index (χ3v) is 4.46. The lowest BCUT2D eigenvalue weighted by molar-refractivity contribution is 0.0990. The van der Waals surface area contributed by atoms with Gasteiger partial charge < -0.3 is 0 Å². The maximum absolute atomic E-state index is 13.2. The molecule has 2 aromatic heterocycles. The summed E-state index contributed by atoms with van der Waals surface area (Å²) in [6.45, 7) is 1.99. The topological polar surface area (TPSA) is 64.8 Å². The van der Waals surface area contributed by atoms with Crippen molar-refractivity contribution in [1.82, 2.24) is 14.5 Å². The van der Waals surface area contributed by atoms with Crippen molar-refractivity contribution < 1.29 is 4.79 Å². The van der Waals surface area contributed by atoms with Crippen LogP contribution in [0.5, 0.6) is 0 Å². The summed E-state index contributed by atoms with van der Waals surface area (Å²) in [6, 6.07) is 18.1. The van der Waals surface area contributed by atoms with Crippen LogP contribution in [-0.4, -0.2) is 20.3 Å². The minimum absolute atomic E-state index is 0.0258. The third kappa shape index (κ3) is 3.27. The van der Waals surface area contributed by atoms with Crippen molar-refractivity contribution in [2.24, 2.45) is 0 Å². The van der Waals surface area contributed by atoms with E-state index >= 15 is 0 Å². The molecule has 0 bridgehead atoms. The van der Waals surface area contributed by atoms with Gasteiger partial charge in [-0.2, -0.15) is 0 Å². The lowest BCUT2D eigenvalue weighted by Gasteiger charge is -2.13. The van der Waals surface area contributed by atoms with Crippen LogP contribution in [0.4, 0.5) is 0 Å². The fourth-order valence-corrected chi connectivity index (χ4v) is 3.04. The Hall–Kier alpha value is -3.60. The van der Waals surface area contributed by atoms with Gasteiger partial charge in [0.2, 0.25) is 0 Å². The normalized spacial score (nSPS) is 10.9. The molecule has 0 amide bonds. The zero-order valence-electron chi connectivity index (χ0n) is 14.8. The molecule has 0 aliphatic carbocycles. The summed E-state index contributed by atoms with van der Waals surface area (Å²) in [5.74, 6) is 0.310. The molecule has 0 radical (unpaired) electrons. The lowest BCUT2D eigenvalue weighted by atomic mass is 10.1. The second-order valence-corrected chi connectivity index (χ2v) is 6.36. The summed E-state index contributed by atoms with van der Waals surface area (Å²) < 4.78 is 1.53. The highest BCUT2D eigenvalue weighted by Gasteiger charge is 2.16. The highest BCUT2D eigenvalue weighted by molar-refractivity contribution is 5.97. The van der Waals surface area contributed by atoms with Gasteiger partial charge in [0.25, 0.3) is 5.56 Å². The molecule has 2 heterocycles. The minimum atomic E-state index is -0.179. The van der Waals surface area contributed by atoms with Gasteiger partial charge in [0.05, 0.1) is 23.0 Å². The van der Waals surface area contributed by atoms with Gasteiger partial charge in [-0.15, -0.1) is 0 Å². The number of carbonyl (C=O) groups is 1. The van der Waals surface area contributed by atoms with Crippen LogP contribution in [0.3, 0.4) is 0 Å². The summed E-state index contributed by atoms with van der Waals surface area (Å²) in [5.41, 5.74) is 2.74. The van der Waals surface area contributed by atoms with E-state index in [4.69, 9.17) is 0 Å². The lowest BCUT2D eigenvalue weighted by Crippen LogP contribution is -2.25. The number of nitrogens with zero attached hydrogens (tertiary/aromatic N) is 3. The number of hydrogen-bond donors (Lipinski definition) is 0. The van der Waals surface area contributed by atoms with Crippen molar-refractivity contribution in [3.8, 4) is 5.69 Å². The molecule has 0 aliphatic rings. The number of rotatable bonds is 4. The molecule has 0 saturated heterocycles. The van der Waals surface area contributed by atoms with Gasteiger partial charge in [-0.1, -0.05) is 29.8 Å². The van der Waals surface area contributed by atoms with Crippen molar-refractivity contribution in [2.75, 3.05) is 0 Å². The number of aryl methyl sites for hydroxylation is 1. The van der Waals surface area contributed by atoms with E-state index in [1.54, 1.807) is 36.7 Å². The molecule has 4 aromatic rings. The van der Waals surface area contributed by atoms with Gasteiger partial charge >= 0.3 is 0 Å².